The minimum absolute atomic E-state index is 0.576. The van der Waals surface area contributed by atoms with E-state index in [-0.39, 0.29) is 0 Å². The van der Waals surface area contributed by atoms with Crippen molar-refractivity contribution in [1.29, 1.82) is 0 Å². The van der Waals surface area contributed by atoms with E-state index in [1.165, 1.54) is 0 Å². The lowest BCUT2D eigenvalue weighted by molar-refractivity contribution is 0.160. The lowest BCUT2D eigenvalue weighted by Gasteiger charge is -2.15. The molecule has 5 nitrogen and oxygen atoms in total. The molecule has 0 saturated carbocycles. The molecule has 0 aliphatic carbocycles. The van der Waals surface area contributed by atoms with Crippen LogP contribution in [0.1, 0.15) is 5.69 Å². The topological polar surface area (TPSA) is 62.3 Å². The Bertz CT molecular complexity index is 309. The standard InChI is InChI=1S/C8H13N3O2/c1-11-8-7(12-4-5-13-8)6(10-11)2-3-9/h2-5,9H2,1H3. The van der Waals surface area contributed by atoms with Crippen molar-refractivity contribution in [3.63, 3.8) is 0 Å². The number of nitrogens with two attached hydrogens (primary N) is 1. The van der Waals surface area contributed by atoms with Crippen LogP contribution in [0, 0.1) is 0 Å². The molecule has 72 valence electrons. The quantitative estimate of drug-likeness (QED) is 0.683. The van der Waals surface area contributed by atoms with Gasteiger partial charge in [-0.2, -0.15) is 5.10 Å². The van der Waals surface area contributed by atoms with Crippen molar-refractivity contribution in [3.8, 4) is 11.6 Å². The highest BCUT2D eigenvalue weighted by Gasteiger charge is 2.21. The number of nitrogens with zero attached hydrogens (tertiary/aromatic N) is 2. The van der Waals surface area contributed by atoms with Gasteiger partial charge in [-0.3, -0.25) is 0 Å². The molecule has 2 heterocycles. The molecular formula is C8H13N3O2. The van der Waals surface area contributed by atoms with Gasteiger partial charge in [-0.05, 0) is 6.54 Å². The SMILES string of the molecule is Cn1nc(CCN)c2c1OCCO2. The van der Waals surface area contributed by atoms with E-state index in [1.54, 1.807) is 4.68 Å². The van der Waals surface area contributed by atoms with Crippen molar-refractivity contribution in [1.82, 2.24) is 9.78 Å². The second kappa shape index (κ2) is 3.26. The first-order chi connectivity index (χ1) is 6.33. The van der Waals surface area contributed by atoms with E-state index in [0.717, 1.165) is 23.7 Å². The number of rotatable bonds is 2. The van der Waals surface area contributed by atoms with Crippen molar-refractivity contribution in [2.24, 2.45) is 12.8 Å². The molecule has 13 heavy (non-hydrogen) atoms. The van der Waals surface area contributed by atoms with E-state index in [9.17, 15) is 0 Å². The minimum atomic E-state index is 0.576. The third-order valence-electron chi connectivity index (χ3n) is 1.97. The van der Waals surface area contributed by atoms with Gasteiger partial charge in [0.15, 0.2) is 0 Å². The second-order valence-corrected chi connectivity index (χ2v) is 2.94. The molecule has 1 aliphatic heterocycles. The number of fused-ring (bicyclic) bond motifs is 1. The van der Waals surface area contributed by atoms with Gasteiger partial charge in [0.1, 0.15) is 18.9 Å². The maximum atomic E-state index is 5.46. The zero-order valence-corrected chi connectivity index (χ0v) is 7.62. The Balaban J connectivity index is 2.36. The first kappa shape index (κ1) is 8.37. The summed E-state index contributed by atoms with van der Waals surface area (Å²) in [5.41, 5.74) is 6.35. The summed E-state index contributed by atoms with van der Waals surface area (Å²) in [7, 11) is 1.84. The van der Waals surface area contributed by atoms with E-state index in [2.05, 4.69) is 5.10 Å². The molecule has 1 aromatic heterocycles. The van der Waals surface area contributed by atoms with Crippen LogP contribution in [-0.4, -0.2) is 29.5 Å². The van der Waals surface area contributed by atoms with E-state index in [0.29, 0.717) is 19.8 Å². The Morgan fingerprint density at radius 3 is 3.00 bits per heavy atom. The first-order valence-corrected chi connectivity index (χ1v) is 4.34. The van der Waals surface area contributed by atoms with Crippen molar-refractivity contribution in [2.45, 2.75) is 6.42 Å². The Kier molecular flexibility index (Phi) is 2.10. The molecule has 2 N–H and O–H groups in total. The van der Waals surface area contributed by atoms with Crippen LogP contribution >= 0.6 is 0 Å². The van der Waals surface area contributed by atoms with Gasteiger partial charge in [0.05, 0.1) is 0 Å². The van der Waals surface area contributed by atoms with Crippen LogP contribution in [-0.2, 0) is 13.5 Å². The summed E-state index contributed by atoms with van der Waals surface area (Å²) in [6.07, 6.45) is 0.729. The molecule has 0 bridgehead atoms. The predicted molar refractivity (Wildman–Crippen MR) is 47.0 cm³/mol. The third kappa shape index (κ3) is 1.35. The van der Waals surface area contributed by atoms with E-state index >= 15 is 0 Å². The van der Waals surface area contributed by atoms with Crippen molar-refractivity contribution < 1.29 is 9.47 Å². The molecule has 1 aliphatic rings. The zero-order chi connectivity index (χ0) is 9.26. The summed E-state index contributed by atoms with van der Waals surface area (Å²) in [4.78, 5) is 0. The van der Waals surface area contributed by atoms with Crippen LogP contribution in [0.25, 0.3) is 0 Å². The fourth-order valence-electron chi connectivity index (χ4n) is 1.43. The second-order valence-electron chi connectivity index (χ2n) is 2.94. The first-order valence-electron chi connectivity index (χ1n) is 4.34. The lowest BCUT2D eigenvalue weighted by Crippen LogP contribution is -2.16. The van der Waals surface area contributed by atoms with Crippen LogP contribution in [0.4, 0.5) is 0 Å². The van der Waals surface area contributed by atoms with Gasteiger partial charge in [-0.1, -0.05) is 0 Å². The van der Waals surface area contributed by atoms with Crippen LogP contribution in [0.5, 0.6) is 11.6 Å². The largest absolute Gasteiger partial charge is 0.483 e. The summed E-state index contributed by atoms with van der Waals surface area (Å²) in [6, 6.07) is 0. The summed E-state index contributed by atoms with van der Waals surface area (Å²) >= 11 is 0. The molecule has 0 saturated heterocycles. The molecule has 0 spiro atoms. The lowest BCUT2D eigenvalue weighted by atomic mass is 10.3. The minimum Gasteiger partial charge on any atom is -0.483 e. The van der Waals surface area contributed by atoms with E-state index < -0.39 is 0 Å². The van der Waals surface area contributed by atoms with Crippen molar-refractivity contribution >= 4 is 0 Å². The molecule has 0 unspecified atom stereocenters. The summed E-state index contributed by atoms with van der Waals surface area (Å²) in [6.45, 7) is 1.76. The van der Waals surface area contributed by atoms with Gasteiger partial charge < -0.3 is 15.2 Å². The van der Waals surface area contributed by atoms with E-state index in [4.69, 9.17) is 15.2 Å². The van der Waals surface area contributed by atoms with Crippen LogP contribution in [0.15, 0.2) is 0 Å². The molecule has 0 atom stereocenters. The summed E-state index contributed by atoms with van der Waals surface area (Å²) < 4.78 is 12.6. The number of aryl methyl sites for hydroxylation is 1. The van der Waals surface area contributed by atoms with Gasteiger partial charge in [0.2, 0.25) is 5.75 Å². The molecule has 2 rings (SSSR count). The van der Waals surface area contributed by atoms with Crippen molar-refractivity contribution in [3.05, 3.63) is 5.69 Å². The molecule has 5 heteroatoms. The van der Waals surface area contributed by atoms with Crippen LogP contribution in [0.2, 0.25) is 0 Å². The molecule has 0 fully saturated rings. The fourth-order valence-corrected chi connectivity index (χ4v) is 1.43. The molecule has 0 amide bonds. The number of hydrogen-bond acceptors (Lipinski definition) is 4. The maximum absolute atomic E-state index is 5.46. The van der Waals surface area contributed by atoms with Gasteiger partial charge in [0, 0.05) is 13.5 Å². The van der Waals surface area contributed by atoms with E-state index in [1.807, 2.05) is 7.05 Å². The van der Waals surface area contributed by atoms with Crippen molar-refractivity contribution in [2.75, 3.05) is 19.8 Å². The maximum Gasteiger partial charge on any atom is 0.255 e. The smallest absolute Gasteiger partial charge is 0.255 e. The number of aromatic nitrogens is 2. The highest BCUT2D eigenvalue weighted by Crippen LogP contribution is 2.32. The average Bonchev–Trinajstić information content (AvgIpc) is 2.46. The molecule has 0 radical (unpaired) electrons. The highest BCUT2D eigenvalue weighted by atomic mass is 16.6. The Morgan fingerprint density at radius 2 is 2.23 bits per heavy atom. The number of ether oxygens (including phenoxy) is 2. The van der Waals surface area contributed by atoms with Gasteiger partial charge in [0.25, 0.3) is 5.88 Å². The molecule has 0 aromatic carbocycles. The summed E-state index contributed by atoms with van der Waals surface area (Å²) in [5, 5.41) is 4.27. The van der Waals surface area contributed by atoms with Gasteiger partial charge >= 0.3 is 0 Å². The van der Waals surface area contributed by atoms with Gasteiger partial charge in [-0.25, -0.2) is 4.68 Å². The third-order valence-corrected chi connectivity index (χ3v) is 1.97. The Morgan fingerprint density at radius 1 is 1.46 bits per heavy atom. The fraction of sp³-hybridized carbons (Fsp3) is 0.625. The number of hydrogen-bond donors (Lipinski definition) is 1. The summed E-state index contributed by atoms with van der Waals surface area (Å²) in [5.74, 6) is 1.48. The predicted octanol–water partition coefficient (Wildman–Crippen LogP) is -0.307. The Labute approximate surface area is 76.4 Å². The van der Waals surface area contributed by atoms with Gasteiger partial charge in [-0.15, -0.1) is 0 Å². The zero-order valence-electron chi connectivity index (χ0n) is 7.62. The highest BCUT2D eigenvalue weighted by molar-refractivity contribution is 5.40. The van der Waals surface area contributed by atoms with Crippen LogP contribution < -0.4 is 15.2 Å². The monoisotopic (exact) mass is 183 g/mol. The Hall–Kier alpha value is -1.23. The normalized spacial score (nSPS) is 14.6. The average molecular weight is 183 g/mol. The molecular weight excluding hydrogens is 170 g/mol. The molecule has 1 aromatic rings. The van der Waals surface area contributed by atoms with Crippen LogP contribution in [0.3, 0.4) is 0 Å².